The molecule has 0 bridgehead atoms. The molecule has 0 aliphatic rings. The van der Waals surface area contributed by atoms with Crippen LogP contribution in [-0.2, 0) is 4.74 Å². The number of imidazole rings is 1. The highest BCUT2D eigenvalue weighted by molar-refractivity contribution is 5.89. The van der Waals surface area contributed by atoms with E-state index in [1.807, 2.05) is 34.9 Å². The van der Waals surface area contributed by atoms with Crippen molar-refractivity contribution in [2.24, 2.45) is 0 Å². The highest BCUT2D eigenvalue weighted by atomic mass is 16.5. The number of nitrogens with zero attached hydrogens (tertiary/aromatic N) is 4. The molecule has 0 unspecified atom stereocenters. The fraction of sp³-hybridized carbons (Fsp3) is 0.0526. The van der Waals surface area contributed by atoms with Crippen LogP contribution >= 0.6 is 0 Å². The van der Waals surface area contributed by atoms with Crippen LogP contribution in [0.2, 0.25) is 0 Å². The zero-order chi connectivity index (χ0) is 17.9. The summed E-state index contributed by atoms with van der Waals surface area (Å²) >= 11 is 0. The minimum absolute atomic E-state index is 0.373. The number of ether oxygens (including phenoxy) is 1. The molecule has 0 saturated carbocycles. The number of methoxy groups -OCH3 is 1. The van der Waals surface area contributed by atoms with Gasteiger partial charge in [0.05, 0.1) is 30.3 Å². The third kappa shape index (κ3) is 2.98. The summed E-state index contributed by atoms with van der Waals surface area (Å²) in [4.78, 5) is 24.7. The van der Waals surface area contributed by atoms with E-state index in [0.29, 0.717) is 11.5 Å². The number of benzene rings is 1. The maximum Gasteiger partial charge on any atom is 0.337 e. The van der Waals surface area contributed by atoms with Crippen molar-refractivity contribution in [3.63, 3.8) is 0 Å². The molecule has 4 rings (SSSR count). The van der Waals surface area contributed by atoms with Crippen molar-refractivity contribution in [1.82, 2.24) is 19.4 Å². The summed E-state index contributed by atoms with van der Waals surface area (Å²) in [6.07, 6.45) is 5.42. The second-order valence-electron chi connectivity index (χ2n) is 5.53. The Morgan fingerprint density at radius 1 is 1.08 bits per heavy atom. The van der Waals surface area contributed by atoms with E-state index < -0.39 is 0 Å². The average Bonchev–Trinajstić information content (AvgIpc) is 3.12. The van der Waals surface area contributed by atoms with Crippen LogP contribution in [0.5, 0.6) is 0 Å². The van der Waals surface area contributed by atoms with Crippen molar-refractivity contribution in [2.45, 2.75) is 0 Å². The van der Waals surface area contributed by atoms with Gasteiger partial charge in [-0.25, -0.2) is 19.7 Å². The molecule has 26 heavy (non-hydrogen) atoms. The fourth-order valence-corrected chi connectivity index (χ4v) is 2.62. The predicted octanol–water partition coefficient (Wildman–Crippen LogP) is 3.32. The van der Waals surface area contributed by atoms with E-state index in [2.05, 4.69) is 20.3 Å². The van der Waals surface area contributed by atoms with Gasteiger partial charge in [0.25, 0.3) is 0 Å². The van der Waals surface area contributed by atoms with Crippen molar-refractivity contribution in [2.75, 3.05) is 12.4 Å². The summed E-state index contributed by atoms with van der Waals surface area (Å²) in [5, 5.41) is 3.13. The van der Waals surface area contributed by atoms with Crippen molar-refractivity contribution < 1.29 is 9.53 Å². The number of hydrogen-bond acceptors (Lipinski definition) is 6. The standard InChI is InChI=1S/C19H15N5O2/c1-26-18(25)13-5-7-14(8-6-13)22-19-20-10-9-15(23-19)16-12-21-17-4-2-3-11-24(16)17/h2-12H,1H3,(H,20,22,23). The molecule has 0 aliphatic carbocycles. The Morgan fingerprint density at radius 3 is 2.73 bits per heavy atom. The van der Waals surface area contributed by atoms with Gasteiger partial charge in [-0.05, 0) is 42.5 Å². The summed E-state index contributed by atoms with van der Waals surface area (Å²) in [5.41, 5.74) is 3.75. The molecule has 0 atom stereocenters. The lowest BCUT2D eigenvalue weighted by atomic mass is 10.2. The van der Waals surface area contributed by atoms with Gasteiger partial charge in [0, 0.05) is 18.1 Å². The number of carbonyl (C=O) groups excluding carboxylic acids is 1. The van der Waals surface area contributed by atoms with Gasteiger partial charge in [0.2, 0.25) is 5.95 Å². The molecule has 4 aromatic rings. The van der Waals surface area contributed by atoms with Crippen LogP contribution in [0.3, 0.4) is 0 Å². The first-order valence-corrected chi connectivity index (χ1v) is 7.95. The van der Waals surface area contributed by atoms with Gasteiger partial charge in [-0.15, -0.1) is 0 Å². The first-order valence-electron chi connectivity index (χ1n) is 7.95. The first-order chi connectivity index (χ1) is 12.7. The SMILES string of the molecule is COC(=O)c1ccc(Nc2nccc(-c3cnc4ccccn34)n2)cc1. The van der Waals surface area contributed by atoms with Gasteiger partial charge in [0.1, 0.15) is 5.65 Å². The van der Waals surface area contributed by atoms with E-state index >= 15 is 0 Å². The normalized spacial score (nSPS) is 10.7. The Hall–Kier alpha value is -3.74. The van der Waals surface area contributed by atoms with E-state index in [-0.39, 0.29) is 5.97 Å². The summed E-state index contributed by atoms with van der Waals surface area (Å²) in [6.45, 7) is 0. The van der Waals surface area contributed by atoms with Crippen LogP contribution in [0, 0.1) is 0 Å². The molecule has 7 heteroatoms. The third-order valence-electron chi connectivity index (χ3n) is 3.90. The summed E-state index contributed by atoms with van der Waals surface area (Å²) in [7, 11) is 1.36. The van der Waals surface area contributed by atoms with Crippen LogP contribution in [-0.4, -0.2) is 32.4 Å². The minimum atomic E-state index is -0.373. The van der Waals surface area contributed by atoms with Crippen LogP contribution in [0.1, 0.15) is 10.4 Å². The van der Waals surface area contributed by atoms with Gasteiger partial charge < -0.3 is 10.1 Å². The van der Waals surface area contributed by atoms with Crippen LogP contribution in [0.25, 0.3) is 17.0 Å². The van der Waals surface area contributed by atoms with Crippen molar-refractivity contribution >= 4 is 23.3 Å². The van der Waals surface area contributed by atoms with E-state index in [9.17, 15) is 4.79 Å². The van der Waals surface area contributed by atoms with Crippen molar-refractivity contribution in [3.8, 4) is 11.4 Å². The largest absolute Gasteiger partial charge is 0.465 e. The number of pyridine rings is 1. The topological polar surface area (TPSA) is 81.4 Å². The summed E-state index contributed by atoms with van der Waals surface area (Å²) in [6, 6.07) is 14.6. The number of hydrogen-bond donors (Lipinski definition) is 1. The molecule has 7 nitrogen and oxygen atoms in total. The average molecular weight is 345 g/mol. The number of nitrogens with one attached hydrogen (secondary N) is 1. The molecule has 0 spiro atoms. The number of aromatic nitrogens is 4. The van der Waals surface area contributed by atoms with E-state index in [0.717, 1.165) is 22.7 Å². The Bertz CT molecular complexity index is 1070. The van der Waals surface area contributed by atoms with E-state index in [1.165, 1.54) is 7.11 Å². The smallest absolute Gasteiger partial charge is 0.337 e. The Morgan fingerprint density at radius 2 is 1.92 bits per heavy atom. The Kier molecular flexibility index (Phi) is 4.03. The van der Waals surface area contributed by atoms with E-state index in [4.69, 9.17) is 4.74 Å². The molecular formula is C19H15N5O2. The molecule has 0 amide bonds. The third-order valence-corrected chi connectivity index (χ3v) is 3.90. The minimum Gasteiger partial charge on any atom is -0.465 e. The lowest BCUT2D eigenvalue weighted by Crippen LogP contribution is -2.02. The summed E-state index contributed by atoms with van der Waals surface area (Å²) < 4.78 is 6.66. The maximum atomic E-state index is 11.5. The molecule has 1 N–H and O–H groups in total. The van der Waals surface area contributed by atoms with Crippen LogP contribution < -0.4 is 5.32 Å². The molecule has 1 aromatic carbocycles. The molecule has 0 radical (unpaired) electrons. The van der Waals surface area contributed by atoms with Gasteiger partial charge in [-0.1, -0.05) is 6.07 Å². The molecule has 128 valence electrons. The number of rotatable bonds is 4. The van der Waals surface area contributed by atoms with Crippen molar-refractivity contribution in [3.05, 3.63) is 72.7 Å². The van der Waals surface area contributed by atoms with Crippen molar-refractivity contribution in [1.29, 1.82) is 0 Å². The van der Waals surface area contributed by atoms with Crippen LogP contribution in [0.4, 0.5) is 11.6 Å². The number of anilines is 2. The molecular weight excluding hydrogens is 330 g/mol. The number of esters is 1. The number of fused-ring (bicyclic) bond motifs is 1. The second kappa shape index (κ2) is 6.64. The van der Waals surface area contributed by atoms with Gasteiger partial charge in [-0.3, -0.25) is 4.40 Å². The zero-order valence-electron chi connectivity index (χ0n) is 14.0. The Balaban J connectivity index is 1.61. The second-order valence-corrected chi connectivity index (χ2v) is 5.53. The maximum absolute atomic E-state index is 11.5. The lowest BCUT2D eigenvalue weighted by Gasteiger charge is -2.07. The lowest BCUT2D eigenvalue weighted by molar-refractivity contribution is 0.0601. The molecule has 0 fully saturated rings. The van der Waals surface area contributed by atoms with Gasteiger partial charge in [-0.2, -0.15) is 0 Å². The number of carbonyl (C=O) groups is 1. The van der Waals surface area contributed by atoms with Gasteiger partial charge in [0.15, 0.2) is 0 Å². The predicted molar refractivity (Wildman–Crippen MR) is 97.3 cm³/mol. The molecule has 3 heterocycles. The highest BCUT2D eigenvalue weighted by Gasteiger charge is 2.09. The first kappa shape index (κ1) is 15.8. The molecule has 0 aliphatic heterocycles. The zero-order valence-corrected chi connectivity index (χ0v) is 14.0. The van der Waals surface area contributed by atoms with Crippen LogP contribution in [0.15, 0.2) is 67.1 Å². The molecule has 3 aromatic heterocycles. The summed E-state index contributed by atoms with van der Waals surface area (Å²) in [5.74, 6) is 0.0848. The molecule has 0 saturated heterocycles. The quantitative estimate of drug-likeness (QED) is 0.572. The van der Waals surface area contributed by atoms with E-state index in [1.54, 1.807) is 36.7 Å². The highest BCUT2D eigenvalue weighted by Crippen LogP contribution is 2.21. The monoisotopic (exact) mass is 345 g/mol. The van der Waals surface area contributed by atoms with Gasteiger partial charge >= 0.3 is 5.97 Å². The Labute approximate surface area is 149 Å². The fourth-order valence-electron chi connectivity index (χ4n) is 2.62.